The second kappa shape index (κ2) is 5.56. The highest BCUT2D eigenvalue weighted by molar-refractivity contribution is 9.10. The Morgan fingerprint density at radius 3 is 2.73 bits per heavy atom. The standard InChI is InChI=1S/C11H13BrO2S/c1-7(2)6-15-9-5-3-4-8(12)10(9)11(13)14/h3-5,7H,6H2,1-2H3,(H,13,14). The fraction of sp³-hybridized carbons (Fsp3) is 0.364. The lowest BCUT2D eigenvalue weighted by Gasteiger charge is -2.08. The van der Waals surface area contributed by atoms with E-state index in [2.05, 4.69) is 29.8 Å². The quantitative estimate of drug-likeness (QED) is 0.854. The van der Waals surface area contributed by atoms with Crippen LogP contribution in [0.3, 0.4) is 0 Å². The van der Waals surface area contributed by atoms with E-state index in [0.717, 1.165) is 10.6 Å². The summed E-state index contributed by atoms with van der Waals surface area (Å²) in [6, 6.07) is 5.46. The first-order valence-corrected chi connectivity index (χ1v) is 6.45. The van der Waals surface area contributed by atoms with Gasteiger partial charge in [0.2, 0.25) is 0 Å². The van der Waals surface area contributed by atoms with Crippen LogP contribution < -0.4 is 0 Å². The number of hydrogen-bond donors (Lipinski definition) is 1. The van der Waals surface area contributed by atoms with Crippen molar-refractivity contribution >= 4 is 33.7 Å². The van der Waals surface area contributed by atoms with E-state index in [1.165, 1.54) is 0 Å². The number of benzene rings is 1. The van der Waals surface area contributed by atoms with Crippen molar-refractivity contribution in [3.8, 4) is 0 Å². The molecule has 0 saturated heterocycles. The number of carboxylic acid groups (broad SMARTS) is 1. The van der Waals surface area contributed by atoms with Gasteiger partial charge in [0.25, 0.3) is 0 Å². The number of hydrogen-bond acceptors (Lipinski definition) is 2. The molecule has 1 rings (SSSR count). The molecule has 0 fully saturated rings. The van der Waals surface area contributed by atoms with Crippen LogP contribution in [0.25, 0.3) is 0 Å². The van der Waals surface area contributed by atoms with Gasteiger partial charge in [-0.05, 0) is 34.0 Å². The highest BCUT2D eigenvalue weighted by Gasteiger charge is 2.14. The molecule has 0 aromatic heterocycles. The third-order valence-electron chi connectivity index (χ3n) is 1.76. The van der Waals surface area contributed by atoms with Gasteiger partial charge in [0.15, 0.2) is 0 Å². The zero-order valence-electron chi connectivity index (χ0n) is 8.66. The van der Waals surface area contributed by atoms with Crippen molar-refractivity contribution in [1.82, 2.24) is 0 Å². The van der Waals surface area contributed by atoms with Crippen molar-refractivity contribution in [1.29, 1.82) is 0 Å². The number of rotatable bonds is 4. The molecule has 4 heteroatoms. The average Bonchev–Trinajstić information content (AvgIpc) is 2.13. The topological polar surface area (TPSA) is 37.3 Å². The van der Waals surface area contributed by atoms with Crippen molar-refractivity contribution in [3.05, 3.63) is 28.2 Å². The van der Waals surface area contributed by atoms with Crippen molar-refractivity contribution < 1.29 is 9.90 Å². The van der Waals surface area contributed by atoms with Crippen molar-refractivity contribution in [3.63, 3.8) is 0 Å². The van der Waals surface area contributed by atoms with E-state index in [1.54, 1.807) is 17.8 Å². The molecule has 1 aromatic carbocycles. The summed E-state index contributed by atoms with van der Waals surface area (Å²) < 4.78 is 0.642. The van der Waals surface area contributed by atoms with Crippen molar-refractivity contribution in [2.24, 2.45) is 5.92 Å². The van der Waals surface area contributed by atoms with Crippen molar-refractivity contribution in [2.45, 2.75) is 18.7 Å². The van der Waals surface area contributed by atoms with Crippen LogP contribution in [0, 0.1) is 5.92 Å². The second-order valence-corrected chi connectivity index (χ2v) is 5.54. The molecule has 0 heterocycles. The normalized spacial score (nSPS) is 10.7. The first kappa shape index (κ1) is 12.6. The lowest BCUT2D eigenvalue weighted by molar-refractivity contribution is 0.0692. The number of thioether (sulfide) groups is 1. The van der Waals surface area contributed by atoms with Crippen LogP contribution in [-0.2, 0) is 0 Å². The van der Waals surface area contributed by atoms with Crippen LogP contribution in [0.4, 0.5) is 0 Å². The minimum absolute atomic E-state index is 0.364. The number of halogens is 1. The highest BCUT2D eigenvalue weighted by Crippen LogP contribution is 2.29. The van der Waals surface area contributed by atoms with Crippen LogP contribution in [0.1, 0.15) is 24.2 Å². The molecule has 0 unspecified atom stereocenters. The minimum atomic E-state index is -0.881. The molecule has 82 valence electrons. The summed E-state index contributed by atoms with van der Waals surface area (Å²) in [6.45, 7) is 4.23. The van der Waals surface area contributed by atoms with Crippen LogP contribution >= 0.6 is 27.7 Å². The van der Waals surface area contributed by atoms with E-state index in [4.69, 9.17) is 5.11 Å². The summed E-state index contributed by atoms with van der Waals surface area (Å²) in [5, 5.41) is 9.07. The molecule has 0 aliphatic rings. The Labute approximate surface area is 102 Å². The maximum absolute atomic E-state index is 11.0. The largest absolute Gasteiger partial charge is 0.478 e. The van der Waals surface area contributed by atoms with Gasteiger partial charge in [0, 0.05) is 15.1 Å². The maximum atomic E-state index is 11.0. The Morgan fingerprint density at radius 1 is 1.53 bits per heavy atom. The highest BCUT2D eigenvalue weighted by atomic mass is 79.9. The van der Waals surface area contributed by atoms with Gasteiger partial charge in [0.05, 0.1) is 5.56 Å². The Balaban J connectivity index is 2.96. The molecular weight excluding hydrogens is 276 g/mol. The average molecular weight is 289 g/mol. The molecule has 0 aliphatic heterocycles. The summed E-state index contributed by atoms with van der Waals surface area (Å²) in [4.78, 5) is 11.9. The Kier molecular flexibility index (Phi) is 4.67. The van der Waals surface area contributed by atoms with Crippen LogP contribution in [-0.4, -0.2) is 16.8 Å². The zero-order valence-corrected chi connectivity index (χ0v) is 11.1. The summed E-state index contributed by atoms with van der Waals surface area (Å²) in [5.74, 6) is 0.598. The third-order valence-corrected chi connectivity index (χ3v) is 3.91. The van der Waals surface area contributed by atoms with E-state index in [9.17, 15) is 4.79 Å². The molecule has 0 atom stereocenters. The molecule has 1 aromatic rings. The van der Waals surface area contributed by atoms with Gasteiger partial charge in [-0.15, -0.1) is 11.8 Å². The van der Waals surface area contributed by atoms with Crippen LogP contribution in [0.15, 0.2) is 27.6 Å². The SMILES string of the molecule is CC(C)CSc1cccc(Br)c1C(=O)O. The fourth-order valence-corrected chi connectivity index (χ4v) is 2.78. The molecular formula is C11H13BrO2S. The molecule has 15 heavy (non-hydrogen) atoms. The Morgan fingerprint density at radius 2 is 2.20 bits per heavy atom. The summed E-state index contributed by atoms with van der Waals surface area (Å²) >= 11 is 4.85. The predicted molar refractivity (Wildman–Crippen MR) is 66.7 cm³/mol. The van der Waals surface area contributed by atoms with Crippen molar-refractivity contribution in [2.75, 3.05) is 5.75 Å². The molecule has 0 saturated carbocycles. The Hall–Kier alpha value is -0.480. The lowest BCUT2D eigenvalue weighted by atomic mass is 10.2. The zero-order chi connectivity index (χ0) is 11.4. The van der Waals surface area contributed by atoms with Gasteiger partial charge >= 0.3 is 5.97 Å². The number of carboxylic acids is 1. The molecule has 0 bridgehead atoms. The summed E-state index contributed by atoms with van der Waals surface area (Å²) in [6.07, 6.45) is 0. The first-order valence-electron chi connectivity index (χ1n) is 4.67. The summed E-state index contributed by atoms with van der Waals surface area (Å²) in [5.41, 5.74) is 0.364. The molecule has 0 radical (unpaired) electrons. The van der Waals surface area contributed by atoms with Gasteiger partial charge < -0.3 is 5.11 Å². The summed E-state index contributed by atoms with van der Waals surface area (Å²) in [7, 11) is 0. The van der Waals surface area contributed by atoms with Crippen LogP contribution in [0.2, 0.25) is 0 Å². The Bertz CT molecular complexity index is 364. The van der Waals surface area contributed by atoms with Gasteiger partial charge in [-0.3, -0.25) is 0 Å². The molecule has 0 amide bonds. The van der Waals surface area contributed by atoms with E-state index in [1.807, 2.05) is 12.1 Å². The maximum Gasteiger partial charge on any atom is 0.337 e. The van der Waals surface area contributed by atoms with Gasteiger partial charge in [0.1, 0.15) is 0 Å². The first-order chi connectivity index (χ1) is 7.02. The van der Waals surface area contributed by atoms with Crippen LogP contribution in [0.5, 0.6) is 0 Å². The number of carbonyl (C=O) groups is 1. The van der Waals surface area contributed by atoms with Gasteiger partial charge in [-0.1, -0.05) is 19.9 Å². The van der Waals surface area contributed by atoms with E-state index < -0.39 is 5.97 Å². The third kappa shape index (κ3) is 3.54. The monoisotopic (exact) mass is 288 g/mol. The molecule has 1 N–H and O–H groups in total. The molecule has 2 nitrogen and oxygen atoms in total. The minimum Gasteiger partial charge on any atom is -0.478 e. The second-order valence-electron chi connectivity index (χ2n) is 3.62. The smallest absolute Gasteiger partial charge is 0.337 e. The van der Waals surface area contributed by atoms with Gasteiger partial charge in [-0.25, -0.2) is 4.79 Å². The number of aromatic carboxylic acids is 1. The molecule has 0 spiro atoms. The molecule has 0 aliphatic carbocycles. The van der Waals surface area contributed by atoms with E-state index >= 15 is 0 Å². The van der Waals surface area contributed by atoms with E-state index in [-0.39, 0.29) is 0 Å². The lowest BCUT2D eigenvalue weighted by Crippen LogP contribution is -2.01. The predicted octanol–water partition coefficient (Wildman–Crippen LogP) is 3.90. The fourth-order valence-electron chi connectivity index (χ4n) is 1.09. The van der Waals surface area contributed by atoms with Gasteiger partial charge in [-0.2, -0.15) is 0 Å². The van der Waals surface area contributed by atoms with E-state index in [0.29, 0.717) is 16.0 Å².